The van der Waals surface area contributed by atoms with Crippen molar-refractivity contribution in [1.29, 1.82) is 0 Å². The van der Waals surface area contributed by atoms with Crippen LogP contribution in [0, 0.1) is 6.92 Å². The first kappa shape index (κ1) is 15.3. The van der Waals surface area contributed by atoms with Crippen LogP contribution in [0.25, 0.3) is 10.2 Å². The zero-order valence-corrected chi connectivity index (χ0v) is 13.8. The lowest BCUT2D eigenvalue weighted by Gasteiger charge is -2.05. The smallest absolute Gasteiger partial charge is 0.224 e. The number of nitrogens with one attached hydrogen (secondary N) is 1. The summed E-state index contributed by atoms with van der Waals surface area (Å²) < 4.78 is 6.36. The third-order valence-corrected chi connectivity index (χ3v) is 4.97. The molecule has 3 N–H and O–H groups in total. The van der Waals surface area contributed by atoms with Crippen molar-refractivity contribution >= 4 is 39.0 Å². The lowest BCUT2D eigenvalue weighted by atomic mass is 10.2. The van der Waals surface area contributed by atoms with Crippen LogP contribution < -0.4 is 11.1 Å². The molecule has 22 heavy (non-hydrogen) atoms. The highest BCUT2D eigenvalue weighted by Gasteiger charge is 2.15. The predicted octanol–water partition coefficient (Wildman–Crippen LogP) is 3.75. The highest BCUT2D eigenvalue weighted by molar-refractivity contribution is 7.19. The number of rotatable bonds is 6. The van der Waals surface area contributed by atoms with Gasteiger partial charge in [-0.3, -0.25) is 0 Å². The minimum Gasteiger partial charge on any atom is -0.467 e. The van der Waals surface area contributed by atoms with E-state index >= 15 is 0 Å². The molecule has 0 aliphatic heterocycles. The van der Waals surface area contributed by atoms with E-state index in [0.29, 0.717) is 13.1 Å². The molecule has 3 aromatic rings. The Morgan fingerprint density at radius 2 is 2.27 bits per heavy atom. The van der Waals surface area contributed by atoms with Gasteiger partial charge in [0.1, 0.15) is 11.6 Å². The van der Waals surface area contributed by atoms with Gasteiger partial charge in [0.25, 0.3) is 0 Å². The maximum absolute atomic E-state index is 6.07. The van der Waals surface area contributed by atoms with E-state index in [9.17, 15) is 0 Å². The molecule has 0 unspecified atom stereocenters. The maximum atomic E-state index is 6.07. The lowest BCUT2D eigenvalue weighted by Crippen LogP contribution is -2.01. The number of aromatic nitrogens is 2. The topological polar surface area (TPSA) is 77.0 Å². The Balaban J connectivity index is 1.94. The summed E-state index contributed by atoms with van der Waals surface area (Å²) in [5.41, 5.74) is 7.69. The summed E-state index contributed by atoms with van der Waals surface area (Å²) in [6, 6.07) is 3.78. The second-order valence-electron chi connectivity index (χ2n) is 4.99. The number of nitrogens with zero attached hydrogens (tertiary/aromatic N) is 2. The van der Waals surface area contributed by atoms with Crippen LogP contribution in [0.3, 0.4) is 0 Å². The summed E-state index contributed by atoms with van der Waals surface area (Å²) in [4.78, 5) is 9.99. The van der Waals surface area contributed by atoms with Crippen molar-refractivity contribution in [3.05, 3.63) is 39.9 Å². The van der Waals surface area contributed by atoms with E-state index in [1.807, 2.05) is 12.1 Å². The molecule has 116 valence electrons. The molecule has 0 bridgehead atoms. The third-order valence-electron chi connectivity index (χ3n) is 3.46. The van der Waals surface area contributed by atoms with Crippen LogP contribution in [-0.4, -0.2) is 16.5 Å². The summed E-state index contributed by atoms with van der Waals surface area (Å²) >= 11 is 7.77. The molecule has 3 rings (SSSR count). The van der Waals surface area contributed by atoms with E-state index in [1.165, 1.54) is 10.4 Å². The van der Waals surface area contributed by atoms with Gasteiger partial charge >= 0.3 is 0 Å². The molecule has 0 atom stereocenters. The quantitative estimate of drug-likeness (QED) is 0.670. The van der Waals surface area contributed by atoms with Gasteiger partial charge in [-0.1, -0.05) is 0 Å². The van der Waals surface area contributed by atoms with E-state index in [0.717, 1.165) is 34.6 Å². The van der Waals surface area contributed by atoms with Gasteiger partial charge in [-0.05, 0) is 55.6 Å². The molecule has 0 fully saturated rings. The van der Waals surface area contributed by atoms with Crippen molar-refractivity contribution in [2.24, 2.45) is 5.73 Å². The first-order valence-electron chi connectivity index (χ1n) is 7.11. The normalized spacial score (nSPS) is 11.2. The summed E-state index contributed by atoms with van der Waals surface area (Å²) in [5.74, 6) is 1.60. The minimum atomic E-state index is 0.251. The van der Waals surface area contributed by atoms with Gasteiger partial charge in [0, 0.05) is 4.88 Å². The fourth-order valence-electron chi connectivity index (χ4n) is 2.31. The van der Waals surface area contributed by atoms with Crippen molar-refractivity contribution < 1.29 is 4.42 Å². The largest absolute Gasteiger partial charge is 0.467 e. The Hall–Kier alpha value is -1.63. The fourth-order valence-corrected chi connectivity index (χ4v) is 3.73. The van der Waals surface area contributed by atoms with Gasteiger partial charge in [0.15, 0.2) is 0 Å². The van der Waals surface area contributed by atoms with Crippen molar-refractivity contribution in [2.45, 2.75) is 26.3 Å². The molecular formula is C15H17ClN4OS. The van der Waals surface area contributed by atoms with E-state index in [1.54, 1.807) is 17.6 Å². The zero-order valence-electron chi connectivity index (χ0n) is 12.2. The predicted molar refractivity (Wildman–Crippen MR) is 90.6 cm³/mol. The van der Waals surface area contributed by atoms with Crippen LogP contribution in [0.2, 0.25) is 5.28 Å². The van der Waals surface area contributed by atoms with E-state index in [2.05, 4.69) is 22.2 Å². The Morgan fingerprint density at radius 3 is 3.00 bits per heavy atom. The molecule has 0 saturated carbocycles. The van der Waals surface area contributed by atoms with Crippen molar-refractivity contribution in [3.63, 3.8) is 0 Å². The van der Waals surface area contributed by atoms with Crippen LogP contribution in [0.15, 0.2) is 22.8 Å². The Bertz CT molecular complexity index is 770. The summed E-state index contributed by atoms with van der Waals surface area (Å²) in [7, 11) is 0. The number of aryl methyl sites for hydroxylation is 2. The molecule has 0 aromatic carbocycles. The van der Waals surface area contributed by atoms with Gasteiger partial charge in [0.2, 0.25) is 5.28 Å². The van der Waals surface area contributed by atoms with Gasteiger partial charge in [-0.2, -0.15) is 4.98 Å². The SMILES string of the molecule is Cc1c(CCCN)sc2c(NCc3ccco3)nc(Cl)nc12. The summed E-state index contributed by atoms with van der Waals surface area (Å²) in [6.45, 7) is 3.32. The maximum Gasteiger partial charge on any atom is 0.224 e. The average molecular weight is 337 g/mol. The van der Waals surface area contributed by atoms with E-state index < -0.39 is 0 Å². The monoisotopic (exact) mass is 336 g/mol. The number of anilines is 1. The van der Waals surface area contributed by atoms with Gasteiger partial charge in [-0.25, -0.2) is 4.98 Å². The van der Waals surface area contributed by atoms with Crippen LogP contribution in [-0.2, 0) is 13.0 Å². The lowest BCUT2D eigenvalue weighted by molar-refractivity contribution is 0.518. The van der Waals surface area contributed by atoms with Crippen LogP contribution >= 0.6 is 22.9 Å². The van der Waals surface area contributed by atoms with Crippen LogP contribution in [0.1, 0.15) is 22.6 Å². The summed E-state index contributed by atoms with van der Waals surface area (Å²) in [6.07, 6.45) is 3.57. The highest BCUT2D eigenvalue weighted by atomic mass is 35.5. The zero-order chi connectivity index (χ0) is 15.5. The van der Waals surface area contributed by atoms with Crippen LogP contribution in [0.5, 0.6) is 0 Å². The second kappa shape index (κ2) is 6.64. The number of fused-ring (bicyclic) bond motifs is 1. The van der Waals surface area contributed by atoms with E-state index in [4.69, 9.17) is 21.8 Å². The Kier molecular flexibility index (Phi) is 4.61. The van der Waals surface area contributed by atoms with Gasteiger partial charge in [-0.15, -0.1) is 11.3 Å². The number of furan rings is 1. The third kappa shape index (κ3) is 3.09. The molecule has 5 nitrogen and oxygen atoms in total. The number of nitrogens with two attached hydrogens (primary N) is 1. The molecule has 0 saturated heterocycles. The Morgan fingerprint density at radius 1 is 1.41 bits per heavy atom. The molecule has 3 heterocycles. The van der Waals surface area contributed by atoms with Crippen molar-refractivity contribution in [1.82, 2.24) is 9.97 Å². The first-order chi connectivity index (χ1) is 10.7. The summed E-state index contributed by atoms with van der Waals surface area (Å²) in [5, 5.41) is 3.53. The minimum absolute atomic E-state index is 0.251. The number of halogens is 1. The standard InChI is InChI=1S/C15H17ClN4OS/c1-9-11(5-2-6-17)22-13-12(9)19-15(16)20-14(13)18-8-10-4-3-7-21-10/h3-4,7H,2,5-6,8,17H2,1H3,(H,18,19,20). The first-order valence-corrected chi connectivity index (χ1v) is 8.30. The van der Waals surface area contributed by atoms with Gasteiger partial charge in [0.05, 0.1) is 23.0 Å². The molecule has 0 radical (unpaired) electrons. The number of hydrogen-bond donors (Lipinski definition) is 2. The molecule has 0 aliphatic rings. The highest BCUT2D eigenvalue weighted by Crippen LogP contribution is 2.35. The molecule has 0 aliphatic carbocycles. The number of hydrogen-bond acceptors (Lipinski definition) is 6. The molecule has 0 amide bonds. The van der Waals surface area contributed by atoms with Crippen molar-refractivity contribution in [2.75, 3.05) is 11.9 Å². The average Bonchev–Trinajstić information content (AvgIpc) is 3.12. The Labute approximate surface area is 137 Å². The number of thiophene rings is 1. The fraction of sp³-hybridized carbons (Fsp3) is 0.333. The van der Waals surface area contributed by atoms with Crippen molar-refractivity contribution in [3.8, 4) is 0 Å². The van der Waals surface area contributed by atoms with Crippen LogP contribution in [0.4, 0.5) is 5.82 Å². The van der Waals surface area contributed by atoms with E-state index in [-0.39, 0.29) is 5.28 Å². The molecule has 7 heteroatoms. The molecular weight excluding hydrogens is 320 g/mol. The second-order valence-corrected chi connectivity index (χ2v) is 6.44. The molecule has 3 aromatic heterocycles. The molecule has 0 spiro atoms. The van der Waals surface area contributed by atoms with Gasteiger partial charge < -0.3 is 15.5 Å².